The van der Waals surface area contributed by atoms with Gasteiger partial charge in [0.25, 0.3) is 0 Å². The summed E-state index contributed by atoms with van der Waals surface area (Å²) >= 11 is 6.13. The molecule has 1 aromatic rings. The molecule has 21 heavy (non-hydrogen) atoms. The van der Waals surface area contributed by atoms with Gasteiger partial charge < -0.3 is 10.1 Å². The van der Waals surface area contributed by atoms with E-state index in [1.165, 1.54) is 0 Å². The third kappa shape index (κ3) is 4.27. The maximum atomic E-state index is 12.8. The summed E-state index contributed by atoms with van der Waals surface area (Å²) in [7, 11) is 1.55. The Morgan fingerprint density at radius 3 is 2.76 bits per heavy atom. The second kappa shape index (κ2) is 6.88. The van der Waals surface area contributed by atoms with Crippen molar-refractivity contribution in [3.63, 3.8) is 0 Å². The summed E-state index contributed by atoms with van der Waals surface area (Å²) in [6, 6.07) is 5.19. The van der Waals surface area contributed by atoms with E-state index in [-0.39, 0.29) is 18.9 Å². The Bertz CT molecular complexity index is 478. The molecule has 0 radical (unpaired) electrons. The van der Waals surface area contributed by atoms with Crippen LogP contribution in [0.2, 0.25) is 5.02 Å². The lowest BCUT2D eigenvalue weighted by Crippen LogP contribution is -2.38. The van der Waals surface area contributed by atoms with Gasteiger partial charge in [-0.3, -0.25) is 0 Å². The Morgan fingerprint density at radius 1 is 1.33 bits per heavy atom. The van der Waals surface area contributed by atoms with E-state index in [4.69, 9.17) is 16.3 Å². The van der Waals surface area contributed by atoms with Crippen LogP contribution in [0.3, 0.4) is 0 Å². The number of rotatable bonds is 4. The Morgan fingerprint density at radius 2 is 2.10 bits per heavy atom. The van der Waals surface area contributed by atoms with Gasteiger partial charge in [-0.05, 0) is 31.4 Å². The maximum absolute atomic E-state index is 12.8. The predicted molar refractivity (Wildman–Crippen MR) is 76.6 cm³/mol. The highest BCUT2D eigenvalue weighted by molar-refractivity contribution is 6.31. The van der Waals surface area contributed by atoms with Crippen molar-refractivity contribution in [3.8, 4) is 5.75 Å². The molecule has 1 N–H and O–H groups in total. The van der Waals surface area contributed by atoms with Gasteiger partial charge in [0.05, 0.1) is 13.0 Å². The second-order valence-corrected chi connectivity index (χ2v) is 5.81. The Labute approximate surface area is 127 Å². The minimum atomic E-state index is -4.09. The standard InChI is InChI=1S/C15H19ClF3NO/c1-21-14-7-3-6-13(16)12(14)9-20-11-5-2-4-10(8-11)15(17,18)19/h3,6-7,10-11,20H,2,4-5,8-9H2,1H3. The summed E-state index contributed by atoms with van der Waals surface area (Å²) in [4.78, 5) is 0. The third-order valence-electron chi connectivity index (χ3n) is 4.00. The first kappa shape index (κ1) is 16.4. The fourth-order valence-corrected chi connectivity index (χ4v) is 3.05. The van der Waals surface area contributed by atoms with E-state index in [0.29, 0.717) is 23.7 Å². The van der Waals surface area contributed by atoms with Gasteiger partial charge in [-0.25, -0.2) is 0 Å². The van der Waals surface area contributed by atoms with Crippen molar-refractivity contribution in [1.29, 1.82) is 0 Å². The van der Waals surface area contributed by atoms with Crippen LogP contribution in [0.1, 0.15) is 31.2 Å². The molecule has 2 nitrogen and oxygen atoms in total. The van der Waals surface area contributed by atoms with Crippen molar-refractivity contribution in [2.24, 2.45) is 5.92 Å². The summed E-state index contributed by atoms with van der Waals surface area (Å²) in [5.74, 6) is -0.546. The summed E-state index contributed by atoms with van der Waals surface area (Å²) in [5, 5.41) is 3.75. The Hall–Kier alpha value is -0.940. The number of alkyl halides is 3. The van der Waals surface area contributed by atoms with Crippen LogP contribution in [0, 0.1) is 5.92 Å². The lowest BCUT2D eigenvalue weighted by molar-refractivity contribution is -0.183. The normalized spacial score (nSPS) is 23.1. The molecule has 2 unspecified atom stereocenters. The summed E-state index contributed by atoms with van der Waals surface area (Å²) in [6.07, 6.45) is -2.36. The first-order valence-corrected chi connectivity index (χ1v) is 7.41. The molecule has 1 aliphatic carbocycles. The SMILES string of the molecule is COc1cccc(Cl)c1CNC1CCCC(C(F)(F)F)C1. The van der Waals surface area contributed by atoms with Crippen molar-refractivity contribution in [2.45, 2.75) is 44.4 Å². The average molecular weight is 322 g/mol. The highest BCUT2D eigenvalue weighted by Crippen LogP contribution is 2.37. The highest BCUT2D eigenvalue weighted by atomic mass is 35.5. The zero-order valence-corrected chi connectivity index (χ0v) is 12.6. The molecule has 118 valence electrons. The van der Waals surface area contributed by atoms with Crippen molar-refractivity contribution in [2.75, 3.05) is 7.11 Å². The molecule has 1 aliphatic rings. The third-order valence-corrected chi connectivity index (χ3v) is 4.35. The van der Waals surface area contributed by atoms with Gasteiger partial charge >= 0.3 is 6.18 Å². The first-order chi connectivity index (χ1) is 9.91. The topological polar surface area (TPSA) is 21.3 Å². The van der Waals surface area contributed by atoms with Crippen LogP contribution >= 0.6 is 11.6 Å². The van der Waals surface area contributed by atoms with Gasteiger partial charge in [-0.1, -0.05) is 24.1 Å². The van der Waals surface area contributed by atoms with E-state index in [0.717, 1.165) is 12.0 Å². The van der Waals surface area contributed by atoms with Crippen LogP contribution in [-0.2, 0) is 6.54 Å². The van der Waals surface area contributed by atoms with E-state index in [1.807, 2.05) is 0 Å². The molecule has 6 heteroatoms. The summed E-state index contributed by atoms with van der Waals surface area (Å²) in [5.41, 5.74) is 0.788. The molecule has 1 fully saturated rings. The molecule has 0 aliphatic heterocycles. The number of nitrogens with one attached hydrogen (secondary N) is 1. The van der Waals surface area contributed by atoms with Crippen LogP contribution in [0.25, 0.3) is 0 Å². The highest BCUT2D eigenvalue weighted by Gasteiger charge is 2.42. The Balaban J connectivity index is 1.97. The van der Waals surface area contributed by atoms with Gasteiger partial charge in [0.15, 0.2) is 0 Å². The molecule has 0 heterocycles. The summed E-state index contributed by atoms with van der Waals surface area (Å²) in [6.45, 7) is 0.415. The second-order valence-electron chi connectivity index (χ2n) is 5.40. The molecule has 2 rings (SSSR count). The number of benzene rings is 1. The largest absolute Gasteiger partial charge is 0.496 e. The maximum Gasteiger partial charge on any atom is 0.391 e. The number of halogens is 4. The van der Waals surface area contributed by atoms with Gasteiger partial charge in [-0.15, -0.1) is 0 Å². The lowest BCUT2D eigenvalue weighted by Gasteiger charge is -2.31. The van der Waals surface area contributed by atoms with Crippen LogP contribution in [-0.4, -0.2) is 19.3 Å². The molecular weight excluding hydrogens is 303 g/mol. The number of hydrogen-bond donors (Lipinski definition) is 1. The fraction of sp³-hybridized carbons (Fsp3) is 0.600. The smallest absolute Gasteiger partial charge is 0.391 e. The van der Waals surface area contributed by atoms with Gasteiger partial charge in [0.2, 0.25) is 0 Å². The van der Waals surface area contributed by atoms with Crippen LogP contribution in [0.15, 0.2) is 18.2 Å². The molecule has 0 bridgehead atoms. The van der Waals surface area contributed by atoms with Crippen LogP contribution in [0.5, 0.6) is 5.75 Å². The van der Waals surface area contributed by atoms with E-state index in [9.17, 15) is 13.2 Å². The molecule has 2 atom stereocenters. The minimum absolute atomic E-state index is 0.133. The number of hydrogen-bond acceptors (Lipinski definition) is 2. The van der Waals surface area contributed by atoms with Gasteiger partial charge in [-0.2, -0.15) is 13.2 Å². The summed E-state index contributed by atoms with van der Waals surface area (Å²) < 4.78 is 43.6. The minimum Gasteiger partial charge on any atom is -0.496 e. The molecule has 1 saturated carbocycles. The zero-order valence-electron chi connectivity index (χ0n) is 11.8. The number of ether oxygens (including phenoxy) is 1. The molecule has 0 saturated heterocycles. The number of methoxy groups -OCH3 is 1. The van der Waals surface area contributed by atoms with E-state index in [1.54, 1.807) is 25.3 Å². The monoisotopic (exact) mass is 321 g/mol. The van der Waals surface area contributed by atoms with Gasteiger partial charge in [0.1, 0.15) is 5.75 Å². The van der Waals surface area contributed by atoms with Crippen LogP contribution in [0.4, 0.5) is 13.2 Å². The average Bonchev–Trinajstić information content (AvgIpc) is 2.45. The van der Waals surface area contributed by atoms with Crippen molar-refractivity contribution >= 4 is 11.6 Å². The quantitative estimate of drug-likeness (QED) is 0.877. The van der Waals surface area contributed by atoms with Crippen molar-refractivity contribution in [1.82, 2.24) is 5.32 Å². The molecule has 0 aromatic heterocycles. The van der Waals surface area contributed by atoms with Crippen molar-refractivity contribution in [3.05, 3.63) is 28.8 Å². The molecular formula is C15H19ClF3NO. The fourth-order valence-electron chi connectivity index (χ4n) is 2.82. The zero-order chi connectivity index (χ0) is 15.5. The molecule has 0 amide bonds. The Kier molecular flexibility index (Phi) is 5.38. The van der Waals surface area contributed by atoms with E-state index < -0.39 is 12.1 Å². The van der Waals surface area contributed by atoms with Gasteiger partial charge in [0, 0.05) is 23.2 Å². The molecule has 0 spiro atoms. The van der Waals surface area contributed by atoms with Crippen molar-refractivity contribution < 1.29 is 17.9 Å². The first-order valence-electron chi connectivity index (χ1n) is 7.03. The lowest BCUT2D eigenvalue weighted by atomic mass is 9.85. The van der Waals surface area contributed by atoms with E-state index >= 15 is 0 Å². The molecule has 1 aromatic carbocycles. The predicted octanol–water partition coefficient (Wildman–Crippen LogP) is 4.56. The van der Waals surface area contributed by atoms with Crippen LogP contribution < -0.4 is 10.1 Å². The van der Waals surface area contributed by atoms with E-state index in [2.05, 4.69) is 5.32 Å².